The molecule has 0 bridgehead atoms. The van der Waals surface area contributed by atoms with E-state index in [0.717, 1.165) is 20.5 Å². The number of aryl methyl sites for hydroxylation is 1. The van der Waals surface area contributed by atoms with E-state index in [1.54, 1.807) is 11.3 Å². The van der Waals surface area contributed by atoms with Crippen LogP contribution in [0.5, 0.6) is 0 Å². The minimum absolute atomic E-state index is 0.482. The molecule has 4 nitrogen and oxygen atoms in total. The summed E-state index contributed by atoms with van der Waals surface area (Å²) >= 11 is 2.98. The molecule has 2 aromatic heterocycles. The zero-order valence-electron chi connectivity index (χ0n) is 9.62. The van der Waals surface area contributed by atoms with E-state index in [1.807, 2.05) is 6.20 Å². The SMILES string of the molecule is Cc1ccc(-c2ncc(-c3nnc(N)s3)s2)cc1. The third kappa shape index (κ3) is 2.12. The van der Waals surface area contributed by atoms with E-state index in [-0.39, 0.29) is 0 Å². The van der Waals surface area contributed by atoms with Gasteiger partial charge in [0.15, 0.2) is 5.01 Å². The van der Waals surface area contributed by atoms with Gasteiger partial charge in [0, 0.05) is 11.8 Å². The van der Waals surface area contributed by atoms with Crippen LogP contribution in [0.2, 0.25) is 0 Å². The third-order valence-corrected chi connectivity index (χ3v) is 4.42. The van der Waals surface area contributed by atoms with Crippen molar-refractivity contribution in [2.45, 2.75) is 6.92 Å². The highest BCUT2D eigenvalue weighted by atomic mass is 32.1. The van der Waals surface area contributed by atoms with Gasteiger partial charge in [-0.25, -0.2) is 4.98 Å². The number of thiazole rings is 1. The van der Waals surface area contributed by atoms with Crippen LogP contribution in [-0.2, 0) is 0 Å². The Labute approximate surface area is 112 Å². The molecule has 6 heteroatoms. The molecule has 0 aliphatic heterocycles. The molecular weight excluding hydrogens is 264 g/mol. The maximum absolute atomic E-state index is 5.58. The Morgan fingerprint density at radius 1 is 1.00 bits per heavy atom. The van der Waals surface area contributed by atoms with Gasteiger partial charge >= 0.3 is 0 Å². The molecule has 90 valence electrons. The number of rotatable bonds is 2. The maximum atomic E-state index is 5.58. The minimum Gasteiger partial charge on any atom is -0.374 e. The molecule has 0 atom stereocenters. The number of hydrogen-bond acceptors (Lipinski definition) is 6. The summed E-state index contributed by atoms with van der Waals surface area (Å²) in [5, 5.41) is 10.1. The molecule has 0 spiro atoms. The standard InChI is InChI=1S/C12H10N4S2/c1-7-2-4-8(5-3-7)10-14-6-9(17-10)11-15-16-12(13)18-11/h2-6H,1H3,(H2,13,16). The monoisotopic (exact) mass is 274 g/mol. The van der Waals surface area contributed by atoms with Crippen LogP contribution in [-0.4, -0.2) is 15.2 Å². The molecule has 3 aromatic rings. The molecule has 0 saturated carbocycles. The Hall–Kier alpha value is -1.79. The summed E-state index contributed by atoms with van der Waals surface area (Å²) in [4.78, 5) is 5.42. The van der Waals surface area contributed by atoms with E-state index in [9.17, 15) is 0 Å². The smallest absolute Gasteiger partial charge is 0.203 e. The van der Waals surface area contributed by atoms with Crippen LogP contribution in [0.15, 0.2) is 30.5 Å². The number of nitrogen functional groups attached to an aromatic ring is 1. The first-order valence-corrected chi connectivity index (χ1v) is 6.98. The van der Waals surface area contributed by atoms with E-state index in [1.165, 1.54) is 16.9 Å². The predicted molar refractivity (Wildman–Crippen MR) is 75.6 cm³/mol. The topological polar surface area (TPSA) is 64.7 Å². The van der Waals surface area contributed by atoms with Crippen molar-refractivity contribution >= 4 is 27.8 Å². The van der Waals surface area contributed by atoms with Crippen LogP contribution in [0.25, 0.3) is 20.5 Å². The minimum atomic E-state index is 0.482. The molecule has 0 aliphatic rings. The molecule has 0 radical (unpaired) electrons. The summed E-state index contributed by atoms with van der Waals surface area (Å²) in [6.07, 6.45) is 1.82. The highest BCUT2D eigenvalue weighted by Crippen LogP contribution is 2.33. The fourth-order valence-electron chi connectivity index (χ4n) is 1.54. The molecule has 0 aliphatic carbocycles. The zero-order chi connectivity index (χ0) is 12.5. The number of aromatic nitrogens is 3. The van der Waals surface area contributed by atoms with Crippen molar-refractivity contribution in [1.29, 1.82) is 0 Å². The molecular formula is C12H10N4S2. The van der Waals surface area contributed by atoms with Gasteiger partial charge in [-0.15, -0.1) is 21.5 Å². The van der Waals surface area contributed by atoms with Gasteiger partial charge in [0.1, 0.15) is 5.01 Å². The van der Waals surface area contributed by atoms with Crippen molar-refractivity contribution in [3.05, 3.63) is 36.0 Å². The highest BCUT2D eigenvalue weighted by molar-refractivity contribution is 7.24. The normalized spacial score (nSPS) is 10.7. The van der Waals surface area contributed by atoms with Gasteiger partial charge in [0.25, 0.3) is 0 Å². The quantitative estimate of drug-likeness (QED) is 0.779. The van der Waals surface area contributed by atoms with Crippen molar-refractivity contribution in [3.8, 4) is 20.5 Å². The molecule has 3 rings (SSSR count). The Morgan fingerprint density at radius 2 is 1.78 bits per heavy atom. The number of benzene rings is 1. The molecule has 0 saturated heterocycles. The molecule has 18 heavy (non-hydrogen) atoms. The van der Waals surface area contributed by atoms with Gasteiger partial charge in [-0.1, -0.05) is 41.2 Å². The van der Waals surface area contributed by atoms with E-state index in [0.29, 0.717) is 5.13 Å². The van der Waals surface area contributed by atoms with E-state index in [4.69, 9.17) is 5.73 Å². The number of nitrogens with zero attached hydrogens (tertiary/aromatic N) is 3. The van der Waals surface area contributed by atoms with Crippen LogP contribution >= 0.6 is 22.7 Å². The fourth-order valence-corrected chi connectivity index (χ4v) is 3.10. The first-order chi connectivity index (χ1) is 8.72. The van der Waals surface area contributed by atoms with Gasteiger partial charge in [0.2, 0.25) is 5.13 Å². The van der Waals surface area contributed by atoms with Crippen LogP contribution < -0.4 is 5.73 Å². The molecule has 0 fully saturated rings. The fraction of sp³-hybridized carbons (Fsp3) is 0.0833. The molecule has 2 heterocycles. The predicted octanol–water partition coefficient (Wildman–Crippen LogP) is 3.22. The third-order valence-electron chi connectivity index (χ3n) is 2.46. The Balaban J connectivity index is 1.96. The van der Waals surface area contributed by atoms with Crippen LogP contribution in [0.1, 0.15) is 5.56 Å². The summed E-state index contributed by atoms with van der Waals surface area (Å²) in [5.41, 5.74) is 7.94. The lowest BCUT2D eigenvalue weighted by molar-refractivity contribution is 1.10. The largest absolute Gasteiger partial charge is 0.374 e. The van der Waals surface area contributed by atoms with Crippen LogP contribution in [0, 0.1) is 6.92 Å². The highest BCUT2D eigenvalue weighted by Gasteiger charge is 2.10. The van der Waals surface area contributed by atoms with Gasteiger partial charge in [-0.2, -0.15) is 0 Å². The van der Waals surface area contributed by atoms with Crippen molar-refractivity contribution in [1.82, 2.24) is 15.2 Å². The molecule has 0 amide bonds. The summed E-state index contributed by atoms with van der Waals surface area (Å²) in [6, 6.07) is 8.32. The van der Waals surface area contributed by atoms with Crippen LogP contribution in [0.3, 0.4) is 0 Å². The number of nitrogens with two attached hydrogens (primary N) is 1. The Bertz CT molecular complexity index is 669. The summed E-state index contributed by atoms with van der Waals surface area (Å²) in [5.74, 6) is 0. The summed E-state index contributed by atoms with van der Waals surface area (Å²) < 4.78 is 0. The summed E-state index contributed by atoms with van der Waals surface area (Å²) in [6.45, 7) is 2.07. The Kier molecular flexibility index (Phi) is 2.81. The zero-order valence-corrected chi connectivity index (χ0v) is 11.3. The van der Waals surface area contributed by atoms with Crippen molar-refractivity contribution in [2.24, 2.45) is 0 Å². The lowest BCUT2D eigenvalue weighted by atomic mass is 10.2. The first kappa shape index (κ1) is 11.3. The average molecular weight is 274 g/mol. The average Bonchev–Trinajstić information content (AvgIpc) is 2.98. The molecule has 2 N–H and O–H groups in total. The maximum Gasteiger partial charge on any atom is 0.203 e. The number of anilines is 1. The first-order valence-electron chi connectivity index (χ1n) is 5.34. The van der Waals surface area contributed by atoms with Crippen molar-refractivity contribution in [3.63, 3.8) is 0 Å². The summed E-state index contributed by atoms with van der Waals surface area (Å²) in [7, 11) is 0. The second-order valence-electron chi connectivity index (χ2n) is 3.84. The number of hydrogen-bond donors (Lipinski definition) is 1. The van der Waals surface area contributed by atoms with Crippen molar-refractivity contribution < 1.29 is 0 Å². The molecule has 1 aromatic carbocycles. The second kappa shape index (κ2) is 4.47. The van der Waals surface area contributed by atoms with Gasteiger partial charge in [0.05, 0.1) is 4.88 Å². The van der Waals surface area contributed by atoms with Crippen molar-refractivity contribution in [2.75, 3.05) is 5.73 Å². The lowest BCUT2D eigenvalue weighted by Gasteiger charge is -1.96. The Morgan fingerprint density at radius 3 is 2.44 bits per heavy atom. The van der Waals surface area contributed by atoms with Gasteiger partial charge in [-0.05, 0) is 6.92 Å². The van der Waals surface area contributed by atoms with E-state index < -0.39 is 0 Å². The second-order valence-corrected chi connectivity index (χ2v) is 5.88. The lowest BCUT2D eigenvalue weighted by Crippen LogP contribution is -1.79. The van der Waals surface area contributed by atoms with Gasteiger partial charge in [-0.3, -0.25) is 0 Å². The van der Waals surface area contributed by atoms with Crippen LogP contribution in [0.4, 0.5) is 5.13 Å². The van der Waals surface area contributed by atoms with Gasteiger partial charge < -0.3 is 5.73 Å². The molecule has 0 unspecified atom stereocenters. The van der Waals surface area contributed by atoms with E-state index >= 15 is 0 Å². The van der Waals surface area contributed by atoms with E-state index in [2.05, 4.69) is 46.4 Å².